The largest absolute Gasteiger partial charge is 0.346 e. The highest BCUT2D eigenvalue weighted by Crippen LogP contribution is 2.28. The number of aldehydes is 1. The number of hydrogen-bond acceptors (Lipinski definition) is 2. The Morgan fingerprint density at radius 2 is 2.12 bits per heavy atom. The summed E-state index contributed by atoms with van der Waals surface area (Å²) in [5.74, 6) is -1.94. The van der Waals surface area contributed by atoms with Gasteiger partial charge in [-0.3, -0.25) is 9.59 Å². The van der Waals surface area contributed by atoms with Gasteiger partial charge >= 0.3 is 0 Å². The third-order valence-electron chi connectivity index (χ3n) is 3.11. The maximum absolute atomic E-state index is 13.5. The molecule has 0 atom stereocenters. The van der Waals surface area contributed by atoms with Gasteiger partial charge in [0.1, 0.15) is 0 Å². The van der Waals surface area contributed by atoms with Crippen LogP contribution in [0.3, 0.4) is 0 Å². The molecule has 2 heterocycles. The van der Waals surface area contributed by atoms with E-state index in [-0.39, 0.29) is 16.5 Å². The van der Waals surface area contributed by atoms with Crippen molar-refractivity contribution in [1.82, 2.24) is 4.57 Å². The fraction of sp³-hybridized carbons (Fsp3) is 0.167. The summed E-state index contributed by atoms with van der Waals surface area (Å²) in [4.78, 5) is 22.5. The van der Waals surface area contributed by atoms with E-state index in [2.05, 4.69) is 0 Å². The zero-order chi connectivity index (χ0) is 12.2. The second-order valence-electron chi connectivity index (χ2n) is 4.02. The quantitative estimate of drug-likeness (QED) is 0.705. The first-order chi connectivity index (χ1) is 8.13. The second-order valence-corrected chi connectivity index (χ2v) is 4.02. The second kappa shape index (κ2) is 3.23. The molecule has 0 aliphatic carbocycles. The summed E-state index contributed by atoms with van der Waals surface area (Å²) >= 11 is 0. The molecule has 86 valence electrons. The molecular formula is C12H7F2NO2. The number of aryl methyl sites for hydroxylation is 2. The Bertz CT molecular complexity index is 719. The van der Waals surface area contributed by atoms with Gasteiger partial charge in [0.25, 0.3) is 0 Å². The lowest BCUT2D eigenvalue weighted by Crippen LogP contribution is -2.13. The first-order valence-electron chi connectivity index (χ1n) is 5.12. The van der Waals surface area contributed by atoms with E-state index in [4.69, 9.17) is 0 Å². The van der Waals surface area contributed by atoms with Gasteiger partial charge < -0.3 is 4.57 Å². The highest BCUT2D eigenvalue weighted by molar-refractivity contribution is 5.89. The van der Waals surface area contributed by atoms with Crippen molar-refractivity contribution in [2.75, 3.05) is 0 Å². The number of carbonyl (C=O) groups is 1. The van der Waals surface area contributed by atoms with Crippen molar-refractivity contribution < 1.29 is 13.6 Å². The third kappa shape index (κ3) is 1.19. The first kappa shape index (κ1) is 10.1. The van der Waals surface area contributed by atoms with Crippen LogP contribution in [0.1, 0.15) is 15.9 Å². The predicted molar refractivity (Wildman–Crippen MR) is 57.2 cm³/mol. The standard InChI is InChI=1S/C12H7F2NO2/c13-9-3-8-11-7(10(9)14)1-2-15(11)4-6(5-16)12(8)17/h3-5H,1-2H2. The summed E-state index contributed by atoms with van der Waals surface area (Å²) < 4.78 is 28.5. The van der Waals surface area contributed by atoms with Crippen LogP contribution >= 0.6 is 0 Å². The zero-order valence-corrected chi connectivity index (χ0v) is 8.67. The monoisotopic (exact) mass is 235 g/mol. The summed E-state index contributed by atoms with van der Waals surface area (Å²) in [6, 6.07) is 0.866. The molecule has 1 aromatic heterocycles. The Morgan fingerprint density at radius 3 is 2.82 bits per heavy atom. The van der Waals surface area contributed by atoms with E-state index in [0.717, 1.165) is 6.07 Å². The molecule has 3 nitrogen and oxygen atoms in total. The number of halogens is 2. The molecule has 3 rings (SSSR count). The van der Waals surface area contributed by atoms with Crippen LogP contribution in [0.5, 0.6) is 0 Å². The van der Waals surface area contributed by atoms with Crippen LogP contribution < -0.4 is 5.43 Å². The van der Waals surface area contributed by atoms with Crippen molar-refractivity contribution >= 4 is 17.2 Å². The molecule has 0 unspecified atom stereocenters. The van der Waals surface area contributed by atoms with E-state index in [1.165, 1.54) is 6.20 Å². The average molecular weight is 235 g/mol. The zero-order valence-electron chi connectivity index (χ0n) is 8.67. The lowest BCUT2D eigenvalue weighted by atomic mass is 10.1. The lowest BCUT2D eigenvalue weighted by molar-refractivity contribution is 0.112. The smallest absolute Gasteiger partial charge is 0.200 e. The summed E-state index contributed by atoms with van der Waals surface area (Å²) in [7, 11) is 0. The number of rotatable bonds is 1. The highest BCUT2D eigenvalue weighted by atomic mass is 19.2. The number of benzene rings is 1. The number of nitrogens with zero attached hydrogens (tertiary/aromatic N) is 1. The maximum atomic E-state index is 13.5. The topological polar surface area (TPSA) is 39.1 Å². The van der Waals surface area contributed by atoms with Crippen molar-refractivity contribution in [2.45, 2.75) is 13.0 Å². The van der Waals surface area contributed by atoms with E-state index in [1.54, 1.807) is 4.57 Å². The van der Waals surface area contributed by atoms with Gasteiger partial charge in [-0.2, -0.15) is 0 Å². The van der Waals surface area contributed by atoms with Crippen LogP contribution in [0.2, 0.25) is 0 Å². The summed E-state index contributed by atoms with van der Waals surface area (Å²) in [5.41, 5.74) is 0.0405. The summed E-state index contributed by atoms with van der Waals surface area (Å²) in [6.45, 7) is 0.452. The molecule has 0 bridgehead atoms. The van der Waals surface area contributed by atoms with Gasteiger partial charge in [-0.25, -0.2) is 8.78 Å². The maximum Gasteiger partial charge on any atom is 0.200 e. The van der Waals surface area contributed by atoms with Gasteiger partial charge in [0.2, 0.25) is 0 Å². The van der Waals surface area contributed by atoms with Crippen molar-refractivity contribution in [1.29, 1.82) is 0 Å². The molecule has 1 aliphatic heterocycles. The van der Waals surface area contributed by atoms with Gasteiger partial charge in [0.05, 0.1) is 11.1 Å². The van der Waals surface area contributed by atoms with Gasteiger partial charge in [-0.05, 0) is 12.5 Å². The molecule has 1 aromatic carbocycles. The fourth-order valence-corrected chi connectivity index (χ4v) is 2.34. The molecule has 0 amide bonds. The fourth-order valence-electron chi connectivity index (χ4n) is 2.34. The van der Waals surface area contributed by atoms with Crippen molar-refractivity contribution in [3.63, 3.8) is 0 Å². The van der Waals surface area contributed by atoms with Crippen LogP contribution in [-0.2, 0) is 13.0 Å². The Kier molecular flexibility index (Phi) is 1.92. The molecular weight excluding hydrogens is 228 g/mol. The molecule has 0 saturated carbocycles. The number of aromatic nitrogens is 1. The van der Waals surface area contributed by atoms with Crippen molar-refractivity contribution in [3.8, 4) is 0 Å². The molecule has 17 heavy (non-hydrogen) atoms. The van der Waals surface area contributed by atoms with Gasteiger partial charge in [0, 0.05) is 23.7 Å². The molecule has 0 spiro atoms. The Balaban J connectivity index is 2.60. The lowest BCUT2D eigenvalue weighted by Gasteiger charge is -2.06. The number of pyridine rings is 1. The van der Waals surface area contributed by atoms with E-state index >= 15 is 0 Å². The van der Waals surface area contributed by atoms with Crippen LogP contribution in [-0.4, -0.2) is 10.9 Å². The molecule has 0 fully saturated rings. The van der Waals surface area contributed by atoms with E-state index in [1.807, 2.05) is 0 Å². The molecule has 0 saturated heterocycles. The summed E-state index contributed by atoms with van der Waals surface area (Å²) in [6.07, 6.45) is 2.16. The van der Waals surface area contributed by atoms with Crippen LogP contribution in [0.25, 0.3) is 10.9 Å². The van der Waals surface area contributed by atoms with E-state index in [9.17, 15) is 18.4 Å². The Morgan fingerprint density at radius 1 is 1.35 bits per heavy atom. The van der Waals surface area contributed by atoms with Crippen LogP contribution in [0.4, 0.5) is 8.78 Å². The van der Waals surface area contributed by atoms with E-state index < -0.39 is 17.1 Å². The molecule has 5 heteroatoms. The third-order valence-corrected chi connectivity index (χ3v) is 3.11. The Hall–Kier alpha value is -2.04. The minimum atomic E-state index is -1.04. The van der Waals surface area contributed by atoms with Gasteiger partial charge in [-0.1, -0.05) is 0 Å². The number of carbonyl (C=O) groups excluding carboxylic acids is 1. The molecule has 2 aromatic rings. The average Bonchev–Trinajstić information content (AvgIpc) is 2.74. The Labute approximate surface area is 94.3 Å². The summed E-state index contributed by atoms with van der Waals surface area (Å²) in [5, 5.41) is 0.0704. The van der Waals surface area contributed by atoms with Crippen LogP contribution in [0, 0.1) is 11.6 Å². The number of hydrogen-bond donors (Lipinski definition) is 0. The minimum Gasteiger partial charge on any atom is -0.346 e. The van der Waals surface area contributed by atoms with Crippen LogP contribution in [0.15, 0.2) is 17.1 Å². The highest BCUT2D eigenvalue weighted by Gasteiger charge is 2.23. The SMILES string of the molecule is O=Cc1cn2c3c(c(F)c(F)cc3c1=O)CC2. The van der Waals surface area contributed by atoms with Gasteiger partial charge in [0.15, 0.2) is 23.3 Å². The molecule has 0 radical (unpaired) electrons. The van der Waals surface area contributed by atoms with Crippen molar-refractivity contribution in [2.24, 2.45) is 0 Å². The molecule has 1 aliphatic rings. The first-order valence-corrected chi connectivity index (χ1v) is 5.12. The van der Waals surface area contributed by atoms with Gasteiger partial charge in [-0.15, -0.1) is 0 Å². The van der Waals surface area contributed by atoms with Crippen molar-refractivity contribution in [3.05, 3.63) is 45.2 Å². The molecule has 0 N–H and O–H groups in total. The normalized spacial score (nSPS) is 13.3. The predicted octanol–water partition coefficient (Wildman–Crippen LogP) is 1.65. The van der Waals surface area contributed by atoms with E-state index in [0.29, 0.717) is 24.8 Å². The minimum absolute atomic E-state index is 0.0311.